The highest BCUT2D eigenvalue weighted by Crippen LogP contribution is 2.28. The van der Waals surface area contributed by atoms with Crippen molar-refractivity contribution < 1.29 is 9.90 Å². The molecule has 2 aromatic carbocycles. The molecule has 2 aromatic rings. The first-order valence-corrected chi connectivity index (χ1v) is 10.8. The van der Waals surface area contributed by atoms with Crippen molar-refractivity contribution in [1.82, 2.24) is 0 Å². The topological polar surface area (TPSA) is 43.8 Å². The van der Waals surface area contributed by atoms with E-state index in [4.69, 9.17) is 0 Å². The number of carbonyl (C=O) groups excluding carboxylic acids is 1. The number of aliphatic hydroxyl groups is 1. The molecule has 1 unspecified atom stereocenters. The number of hydrogen-bond acceptors (Lipinski definition) is 3. The van der Waals surface area contributed by atoms with Crippen molar-refractivity contribution in [3.8, 4) is 0 Å². The molecular formula is C25H34N2O2. The maximum absolute atomic E-state index is 13.6. The van der Waals surface area contributed by atoms with Crippen LogP contribution in [0.2, 0.25) is 0 Å². The third-order valence-corrected chi connectivity index (χ3v) is 5.56. The fraction of sp³-hybridized carbons (Fsp3) is 0.480. The van der Waals surface area contributed by atoms with Gasteiger partial charge < -0.3 is 14.9 Å². The van der Waals surface area contributed by atoms with Crippen LogP contribution in [0.5, 0.6) is 0 Å². The second kappa shape index (κ2) is 9.45. The van der Waals surface area contributed by atoms with Crippen LogP contribution >= 0.6 is 0 Å². The van der Waals surface area contributed by atoms with E-state index in [1.807, 2.05) is 30.0 Å². The lowest BCUT2D eigenvalue weighted by Crippen LogP contribution is -2.35. The minimum atomic E-state index is -0.256. The van der Waals surface area contributed by atoms with Gasteiger partial charge in [-0.05, 0) is 61.1 Å². The van der Waals surface area contributed by atoms with Gasteiger partial charge in [0, 0.05) is 36.6 Å². The zero-order chi connectivity index (χ0) is 21.0. The van der Waals surface area contributed by atoms with E-state index in [2.05, 4.69) is 49.9 Å². The summed E-state index contributed by atoms with van der Waals surface area (Å²) in [4.78, 5) is 17.8. The van der Waals surface area contributed by atoms with Gasteiger partial charge in [0.25, 0.3) is 5.91 Å². The van der Waals surface area contributed by atoms with Crippen molar-refractivity contribution >= 4 is 17.3 Å². The van der Waals surface area contributed by atoms with Crippen LogP contribution in [0.4, 0.5) is 11.4 Å². The van der Waals surface area contributed by atoms with E-state index >= 15 is 0 Å². The Kier molecular flexibility index (Phi) is 6.96. The van der Waals surface area contributed by atoms with Crippen molar-refractivity contribution in [3.63, 3.8) is 0 Å². The van der Waals surface area contributed by atoms with Gasteiger partial charge in [0.05, 0.1) is 6.10 Å². The summed E-state index contributed by atoms with van der Waals surface area (Å²) in [7, 11) is 0. The Morgan fingerprint density at radius 1 is 1.24 bits per heavy atom. The number of aliphatic hydroxyl groups excluding tert-OH is 1. The molecule has 1 N–H and O–H groups in total. The second-order valence-corrected chi connectivity index (χ2v) is 8.58. The largest absolute Gasteiger partial charge is 0.391 e. The number of nitrogens with zero attached hydrogens (tertiary/aromatic N) is 2. The van der Waals surface area contributed by atoms with Gasteiger partial charge in [-0.3, -0.25) is 4.79 Å². The maximum Gasteiger partial charge on any atom is 0.258 e. The molecule has 29 heavy (non-hydrogen) atoms. The lowest BCUT2D eigenvalue weighted by molar-refractivity contribution is 0.0983. The molecule has 1 aliphatic heterocycles. The highest BCUT2D eigenvalue weighted by atomic mass is 16.3. The quantitative estimate of drug-likeness (QED) is 0.732. The van der Waals surface area contributed by atoms with Crippen LogP contribution in [-0.2, 0) is 6.42 Å². The van der Waals surface area contributed by atoms with E-state index in [0.29, 0.717) is 19.0 Å². The second-order valence-electron chi connectivity index (χ2n) is 8.58. The molecule has 0 aliphatic carbocycles. The summed E-state index contributed by atoms with van der Waals surface area (Å²) in [5.41, 5.74) is 5.07. The number of para-hydroxylation sites is 1. The van der Waals surface area contributed by atoms with Crippen LogP contribution in [0.15, 0.2) is 42.5 Å². The Morgan fingerprint density at radius 2 is 2.00 bits per heavy atom. The Labute approximate surface area is 175 Å². The molecule has 3 rings (SSSR count). The van der Waals surface area contributed by atoms with Crippen LogP contribution in [0.3, 0.4) is 0 Å². The van der Waals surface area contributed by atoms with Crippen molar-refractivity contribution in [1.29, 1.82) is 0 Å². The number of anilines is 2. The number of amides is 1. The van der Waals surface area contributed by atoms with Crippen LogP contribution in [0.1, 0.15) is 55.1 Å². The Balaban J connectivity index is 1.92. The van der Waals surface area contributed by atoms with Crippen LogP contribution < -0.4 is 9.80 Å². The average molecular weight is 395 g/mol. The first-order valence-electron chi connectivity index (χ1n) is 10.8. The predicted molar refractivity (Wildman–Crippen MR) is 121 cm³/mol. The molecule has 156 valence electrons. The number of rotatable bonds is 7. The van der Waals surface area contributed by atoms with E-state index < -0.39 is 0 Å². The van der Waals surface area contributed by atoms with Gasteiger partial charge in [-0.2, -0.15) is 0 Å². The zero-order valence-electron chi connectivity index (χ0n) is 18.2. The van der Waals surface area contributed by atoms with Gasteiger partial charge in [0.2, 0.25) is 0 Å². The van der Waals surface area contributed by atoms with Gasteiger partial charge in [0.15, 0.2) is 0 Å². The van der Waals surface area contributed by atoms with E-state index in [1.54, 1.807) is 0 Å². The first-order chi connectivity index (χ1) is 13.9. The van der Waals surface area contributed by atoms with Crippen LogP contribution in [0.25, 0.3) is 0 Å². The molecule has 0 saturated carbocycles. The molecule has 0 radical (unpaired) electrons. The number of benzene rings is 2. The molecule has 1 aliphatic rings. The fourth-order valence-electron chi connectivity index (χ4n) is 4.12. The summed E-state index contributed by atoms with van der Waals surface area (Å²) in [6, 6.07) is 14.3. The normalized spacial score (nSPS) is 16.5. The van der Waals surface area contributed by atoms with E-state index in [1.165, 1.54) is 5.56 Å². The van der Waals surface area contributed by atoms with Crippen molar-refractivity contribution in [2.45, 2.75) is 53.1 Å². The van der Waals surface area contributed by atoms with Crippen molar-refractivity contribution in [2.75, 3.05) is 29.4 Å². The Bertz CT molecular complexity index is 846. The van der Waals surface area contributed by atoms with Crippen LogP contribution in [0, 0.1) is 12.8 Å². The van der Waals surface area contributed by atoms with Gasteiger partial charge in [0.1, 0.15) is 0 Å². The Morgan fingerprint density at radius 3 is 2.62 bits per heavy atom. The molecule has 0 aromatic heterocycles. The lowest BCUT2D eigenvalue weighted by atomic mass is 10.0. The van der Waals surface area contributed by atoms with E-state index in [-0.39, 0.29) is 12.0 Å². The summed E-state index contributed by atoms with van der Waals surface area (Å²) in [5, 5.41) is 9.82. The summed E-state index contributed by atoms with van der Waals surface area (Å²) in [6.07, 6.45) is 2.56. The van der Waals surface area contributed by atoms with Crippen LogP contribution in [-0.4, -0.2) is 36.8 Å². The summed E-state index contributed by atoms with van der Waals surface area (Å²) in [5.74, 6) is 0.437. The van der Waals surface area contributed by atoms with Gasteiger partial charge in [-0.15, -0.1) is 0 Å². The first kappa shape index (κ1) is 21.4. The number of hydrogen-bond donors (Lipinski definition) is 1. The van der Waals surface area contributed by atoms with E-state index in [9.17, 15) is 9.90 Å². The molecule has 4 nitrogen and oxygen atoms in total. The van der Waals surface area contributed by atoms with E-state index in [0.717, 1.165) is 48.3 Å². The monoisotopic (exact) mass is 394 g/mol. The molecule has 4 heteroatoms. The highest BCUT2D eigenvalue weighted by molar-refractivity contribution is 6.07. The standard InChI is InChI=1S/C25H34N2O2/c1-5-8-20-9-6-7-10-24(20)27(16-18(2)3)25(29)23-12-11-21(15-19(23)4)26-14-13-22(28)17-26/h6-7,9-12,15,18,22,28H,5,8,13-14,16-17H2,1-4H3. The average Bonchev–Trinajstić information content (AvgIpc) is 3.13. The predicted octanol–water partition coefficient (Wildman–Crippen LogP) is 4.82. The number of carbonyl (C=O) groups is 1. The number of aryl methyl sites for hydroxylation is 2. The minimum Gasteiger partial charge on any atom is -0.391 e. The smallest absolute Gasteiger partial charge is 0.258 e. The molecule has 1 fully saturated rings. The SMILES string of the molecule is CCCc1ccccc1N(CC(C)C)C(=O)c1ccc(N2CCC(O)C2)cc1C. The van der Waals surface area contributed by atoms with Crippen molar-refractivity contribution in [3.05, 3.63) is 59.2 Å². The summed E-state index contributed by atoms with van der Waals surface area (Å²) < 4.78 is 0. The van der Waals surface area contributed by atoms with Gasteiger partial charge >= 0.3 is 0 Å². The highest BCUT2D eigenvalue weighted by Gasteiger charge is 2.24. The van der Waals surface area contributed by atoms with Gasteiger partial charge in [-0.1, -0.05) is 45.4 Å². The third kappa shape index (κ3) is 4.99. The summed E-state index contributed by atoms with van der Waals surface area (Å²) >= 11 is 0. The molecular weight excluding hydrogens is 360 g/mol. The number of β-amino-alcohol motifs (C(OH)–C–C–N with tert-alkyl or cyclic N) is 1. The Hall–Kier alpha value is -2.33. The minimum absolute atomic E-state index is 0.0627. The zero-order valence-corrected chi connectivity index (χ0v) is 18.2. The molecule has 1 heterocycles. The third-order valence-electron chi connectivity index (χ3n) is 5.56. The van der Waals surface area contributed by atoms with Gasteiger partial charge in [-0.25, -0.2) is 0 Å². The fourth-order valence-corrected chi connectivity index (χ4v) is 4.12. The molecule has 1 amide bonds. The molecule has 0 spiro atoms. The lowest BCUT2D eigenvalue weighted by Gasteiger charge is -2.28. The molecule has 0 bridgehead atoms. The molecule has 1 saturated heterocycles. The summed E-state index contributed by atoms with van der Waals surface area (Å²) in [6.45, 7) is 10.7. The maximum atomic E-state index is 13.6. The molecule has 1 atom stereocenters. The van der Waals surface area contributed by atoms with Crippen molar-refractivity contribution in [2.24, 2.45) is 5.92 Å².